The van der Waals surface area contributed by atoms with Crippen LogP contribution in [0.2, 0.25) is 33.2 Å². The van der Waals surface area contributed by atoms with Crippen LogP contribution in [0.25, 0.3) is 44.1 Å². The van der Waals surface area contributed by atoms with Crippen LogP contribution in [0.3, 0.4) is 0 Å². The molecule has 4 nitrogen and oxygen atoms in total. The highest BCUT2D eigenvalue weighted by molar-refractivity contribution is 6.91. The van der Waals surface area contributed by atoms with Crippen LogP contribution < -0.4 is 0 Å². The Bertz CT molecular complexity index is 1970. The van der Waals surface area contributed by atoms with Gasteiger partial charge >= 0.3 is 0 Å². The molecule has 0 radical (unpaired) electrons. The van der Waals surface area contributed by atoms with Crippen LogP contribution >= 0.6 is 0 Å². The van der Waals surface area contributed by atoms with E-state index in [4.69, 9.17) is 19.9 Å². The summed E-state index contributed by atoms with van der Waals surface area (Å²) >= 11 is 0. The van der Waals surface area contributed by atoms with Crippen LogP contribution in [0.1, 0.15) is 94.2 Å². The van der Waals surface area contributed by atoms with Crippen molar-refractivity contribution in [2.75, 3.05) is 0 Å². The fourth-order valence-electron chi connectivity index (χ4n) is 8.42. The van der Waals surface area contributed by atoms with Crippen molar-refractivity contribution in [2.45, 2.75) is 116 Å². The average Bonchev–Trinajstić information content (AvgIpc) is 3.00. The van der Waals surface area contributed by atoms with E-state index in [0.717, 1.165) is 23.2 Å². The number of nitrogens with zero attached hydrogens (tertiary/aromatic N) is 4. The van der Waals surface area contributed by atoms with Crippen molar-refractivity contribution in [1.82, 2.24) is 19.9 Å². The Morgan fingerprint density at radius 3 is 1.00 bits per heavy atom. The van der Waals surface area contributed by atoms with Crippen LogP contribution in [0.15, 0.2) is 36.4 Å². The Balaban J connectivity index is 2.06. The lowest BCUT2D eigenvalue weighted by Crippen LogP contribution is -2.43. The Kier molecular flexibility index (Phi) is 9.85. The molecule has 0 aliphatic carbocycles. The van der Waals surface area contributed by atoms with Crippen LogP contribution in [-0.2, 0) is 0 Å². The standard InChI is InChI=1S/C40H48F2N4Si2/c1-23(2)47(24(3)4,25(5)6)19-17-29-37-38(44-34-16-14-13-15-33(34)43-37)30(18-20-48(26(7)8,27(9)10)28(11)12)40-39(29)45-35-21-31(41)32(42)22-36(35)46-40/h13-16,21-28H,1-12H3. The molecule has 5 aromatic rings. The average molecular weight is 679 g/mol. The lowest BCUT2D eigenvalue weighted by atomic mass is 10.0. The van der Waals surface area contributed by atoms with Crippen molar-refractivity contribution >= 4 is 60.3 Å². The summed E-state index contributed by atoms with van der Waals surface area (Å²) in [4.78, 5) is 20.3. The molecule has 250 valence electrons. The normalized spacial score (nSPS) is 12.8. The van der Waals surface area contributed by atoms with Crippen molar-refractivity contribution in [3.8, 4) is 22.9 Å². The highest BCUT2D eigenvalue weighted by Crippen LogP contribution is 2.43. The fraction of sp³-hybridized carbons (Fsp3) is 0.450. The first-order chi connectivity index (χ1) is 22.6. The molecule has 3 aromatic carbocycles. The van der Waals surface area contributed by atoms with E-state index in [1.54, 1.807) is 0 Å². The minimum atomic E-state index is -2.19. The second-order valence-electron chi connectivity index (χ2n) is 15.1. The predicted octanol–water partition coefficient (Wildman–Crippen LogP) is 11.3. The van der Waals surface area contributed by atoms with E-state index < -0.39 is 27.8 Å². The Hall–Kier alpha value is -3.73. The summed E-state index contributed by atoms with van der Waals surface area (Å²) in [7, 11) is -4.38. The van der Waals surface area contributed by atoms with Gasteiger partial charge in [-0.05, 0) is 45.4 Å². The lowest BCUT2D eigenvalue weighted by Gasteiger charge is -2.38. The van der Waals surface area contributed by atoms with Gasteiger partial charge in [0.2, 0.25) is 0 Å². The number of hydrogen-bond acceptors (Lipinski definition) is 4. The number of halogens is 2. The van der Waals surface area contributed by atoms with E-state index in [1.165, 1.54) is 0 Å². The minimum Gasteiger partial charge on any atom is -0.243 e. The monoisotopic (exact) mass is 678 g/mol. The zero-order valence-corrected chi connectivity index (χ0v) is 32.5. The molecule has 0 saturated carbocycles. The van der Waals surface area contributed by atoms with Crippen LogP contribution in [0, 0.1) is 34.6 Å². The van der Waals surface area contributed by atoms with Gasteiger partial charge in [0.05, 0.1) is 33.2 Å². The van der Waals surface area contributed by atoms with Gasteiger partial charge < -0.3 is 0 Å². The third-order valence-corrected chi connectivity index (χ3v) is 23.3. The molecule has 0 aliphatic rings. The SMILES string of the molecule is CC(C)[Si](C#Cc1c2nc3ccccc3nc2c(C#C[Si](C(C)C)(C(C)C)C(C)C)c2nc3cc(F)c(F)cc3nc12)(C(C)C)C(C)C. The Morgan fingerprint density at radius 2 is 0.729 bits per heavy atom. The smallest absolute Gasteiger partial charge is 0.161 e. The van der Waals surface area contributed by atoms with E-state index >= 15 is 0 Å². The molecule has 0 saturated heterocycles. The Morgan fingerprint density at radius 1 is 0.458 bits per heavy atom. The number of aromatic nitrogens is 4. The van der Waals surface area contributed by atoms with Gasteiger partial charge in [-0.25, -0.2) is 28.7 Å². The third-order valence-electron chi connectivity index (χ3n) is 10.8. The van der Waals surface area contributed by atoms with Crippen molar-refractivity contribution in [3.05, 3.63) is 59.2 Å². The molecule has 0 atom stereocenters. The second-order valence-corrected chi connectivity index (χ2v) is 26.3. The van der Waals surface area contributed by atoms with E-state index in [2.05, 4.69) is 106 Å². The lowest BCUT2D eigenvalue weighted by molar-refractivity contribution is 0.510. The van der Waals surface area contributed by atoms with Gasteiger partial charge in [0, 0.05) is 12.1 Å². The molecular weight excluding hydrogens is 631 g/mol. The summed E-state index contributed by atoms with van der Waals surface area (Å²) < 4.78 is 29.2. The largest absolute Gasteiger partial charge is 0.243 e. The molecule has 2 aromatic heterocycles. The number of fused-ring (bicyclic) bond motifs is 4. The third kappa shape index (κ3) is 5.82. The summed E-state index contributed by atoms with van der Waals surface area (Å²) in [5.41, 5.74) is 15.6. The van der Waals surface area contributed by atoms with Gasteiger partial charge in [0.25, 0.3) is 0 Å². The summed E-state index contributed by atoms with van der Waals surface area (Å²) in [6.45, 7) is 27.4. The van der Waals surface area contributed by atoms with Crippen molar-refractivity contribution < 1.29 is 8.78 Å². The van der Waals surface area contributed by atoms with Crippen LogP contribution in [-0.4, -0.2) is 36.1 Å². The molecule has 0 amide bonds. The zero-order valence-electron chi connectivity index (χ0n) is 30.5. The highest BCUT2D eigenvalue weighted by atomic mass is 28.3. The van der Waals surface area contributed by atoms with Crippen molar-refractivity contribution in [1.29, 1.82) is 0 Å². The van der Waals surface area contributed by atoms with Gasteiger partial charge in [0.15, 0.2) is 11.6 Å². The first-order valence-electron chi connectivity index (χ1n) is 17.3. The highest BCUT2D eigenvalue weighted by Gasteiger charge is 2.43. The number of benzene rings is 3. The van der Waals surface area contributed by atoms with Crippen LogP contribution in [0.5, 0.6) is 0 Å². The van der Waals surface area contributed by atoms with Gasteiger partial charge in [-0.3, -0.25) is 0 Å². The maximum Gasteiger partial charge on any atom is 0.161 e. The molecule has 5 rings (SSSR count). The van der Waals surface area contributed by atoms with E-state index in [-0.39, 0.29) is 11.0 Å². The van der Waals surface area contributed by atoms with Gasteiger partial charge in [-0.15, -0.1) is 11.1 Å². The topological polar surface area (TPSA) is 51.6 Å². The molecule has 0 spiro atoms. The minimum absolute atomic E-state index is 0.256. The maximum absolute atomic E-state index is 14.6. The molecule has 48 heavy (non-hydrogen) atoms. The van der Waals surface area contributed by atoms with Crippen LogP contribution in [0.4, 0.5) is 8.78 Å². The van der Waals surface area contributed by atoms with E-state index in [0.29, 0.717) is 66.4 Å². The molecule has 8 heteroatoms. The molecular formula is C40H48F2N4Si2. The Labute approximate surface area is 286 Å². The van der Waals surface area contributed by atoms with Gasteiger partial charge in [0.1, 0.15) is 38.2 Å². The van der Waals surface area contributed by atoms with E-state index in [9.17, 15) is 8.78 Å². The fourth-order valence-corrected chi connectivity index (χ4v) is 18.8. The first-order valence-corrected chi connectivity index (χ1v) is 21.8. The quantitative estimate of drug-likeness (QED) is 0.102. The first kappa shape index (κ1) is 35.6. The van der Waals surface area contributed by atoms with Gasteiger partial charge in [-0.2, -0.15) is 0 Å². The van der Waals surface area contributed by atoms with Gasteiger partial charge in [-0.1, -0.05) is 107 Å². The molecule has 0 N–H and O–H groups in total. The molecule has 0 unspecified atom stereocenters. The number of rotatable bonds is 6. The summed E-state index contributed by atoms with van der Waals surface area (Å²) in [6, 6.07) is 10.0. The molecule has 0 bridgehead atoms. The summed E-state index contributed by atoms with van der Waals surface area (Å²) in [5, 5.41) is 0. The van der Waals surface area contributed by atoms with Crippen molar-refractivity contribution in [3.63, 3.8) is 0 Å². The second kappa shape index (κ2) is 13.3. The molecule has 0 fully saturated rings. The maximum atomic E-state index is 14.6. The summed E-state index contributed by atoms with van der Waals surface area (Å²) in [5.74, 6) is 5.31. The molecule has 0 aliphatic heterocycles. The molecule has 2 heterocycles. The predicted molar refractivity (Wildman–Crippen MR) is 203 cm³/mol. The summed E-state index contributed by atoms with van der Waals surface area (Å²) in [6.07, 6.45) is 0. The number of hydrogen-bond donors (Lipinski definition) is 0. The van der Waals surface area contributed by atoms with Crippen molar-refractivity contribution in [2.24, 2.45) is 0 Å². The zero-order chi connectivity index (χ0) is 35.3. The van der Waals surface area contributed by atoms with E-state index in [1.807, 2.05) is 24.3 Å². The number of para-hydroxylation sites is 2.